The van der Waals surface area contributed by atoms with Gasteiger partial charge in [0.05, 0.1) is 0 Å². The molecule has 0 saturated carbocycles. The summed E-state index contributed by atoms with van der Waals surface area (Å²) in [6.07, 6.45) is 7.91. The van der Waals surface area contributed by atoms with Crippen LogP contribution in [0.25, 0.3) is 0 Å². The van der Waals surface area contributed by atoms with Gasteiger partial charge in [0.25, 0.3) is 0 Å². The van der Waals surface area contributed by atoms with Crippen molar-refractivity contribution >= 4 is 11.9 Å². The third-order valence-corrected chi connectivity index (χ3v) is 6.95. The quantitative estimate of drug-likeness (QED) is 0.569. The van der Waals surface area contributed by atoms with E-state index in [-0.39, 0.29) is 12.1 Å². The number of fused-ring (bicyclic) bond motifs is 6. The van der Waals surface area contributed by atoms with Crippen molar-refractivity contribution in [1.29, 1.82) is 0 Å². The lowest BCUT2D eigenvalue weighted by Crippen LogP contribution is -2.65. The predicted molar refractivity (Wildman–Crippen MR) is 94.9 cm³/mol. The highest BCUT2D eigenvalue weighted by molar-refractivity contribution is 5.87. The van der Waals surface area contributed by atoms with Crippen LogP contribution in [0.4, 0.5) is 0 Å². The van der Waals surface area contributed by atoms with Gasteiger partial charge in [0.2, 0.25) is 5.91 Å². The van der Waals surface area contributed by atoms with Crippen LogP contribution < -0.4 is 0 Å². The van der Waals surface area contributed by atoms with E-state index < -0.39 is 0 Å². The SMILES string of the molecule is C/C=C(\C)C(=O)O[C@@H]1CCN2CC3CC(CN4C(=O)CCCC34)C2C1. The molecular weight excluding hydrogens is 316 g/mol. The number of carbonyl (C=O) groups excluding carboxylic acids is 2. The molecule has 0 aliphatic carbocycles. The van der Waals surface area contributed by atoms with Crippen LogP contribution in [0.1, 0.15) is 52.4 Å². The van der Waals surface area contributed by atoms with Crippen LogP contribution in [0.2, 0.25) is 0 Å². The number of ether oxygens (including phenoxy) is 1. The van der Waals surface area contributed by atoms with Crippen molar-refractivity contribution in [2.24, 2.45) is 11.8 Å². The van der Waals surface area contributed by atoms with E-state index in [1.807, 2.05) is 19.9 Å². The van der Waals surface area contributed by atoms with Crippen LogP contribution in [-0.4, -0.2) is 59.5 Å². The summed E-state index contributed by atoms with van der Waals surface area (Å²) in [6, 6.07) is 0.940. The standard InChI is InChI=1S/C20H30N2O3/c1-3-13(2)20(24)25-16-7-8-21-11-14-9-15(18(21)10-16)12-22-17(14)5-4-6-19(22)23/h3,14-18H,4-12H2,1-2H3/b13-3+/t14?,15?,16-,17?,18?/m1/s1. The second kappa shape index (κ2) is 6.75. The van der Waals surface area contributed by atoms with Gasteiger partial charge in [-0.3, -0.25) is 9.69 Å². The van der Waals surface area contributed by atoms with Gasteiger partial charge in [-0.1, -0.05) is 6.08 Å². The predicted octanol–water partition coefficient (Wildman–Crippen LogP) is 2.36. The third-order valence-electron chi connectivity index (χ3n) is 6.95. The number of piperidine rings is 4. The number of esters is 1. The first kappa shape index (κ1) is 17.1. The fourth-order valence-corrected chi connectivity index (χ4v) is 5.52. The van der Waals surface area contributed by atoms with Crippen molar-refractivity contribution in [2.45, 2.75) is 70.6 Å². The summed E-state index contributed by atoms with van der Waals surface area (Å²) in [6.45, 7) is 6.73. The molecule has 4 aliphatic heterocycles. The van der Waals surface area contributed by atoms with Crippen LogP contribution in [0.15, 0.2) is 11.6 Å². The van der Waals surface area contributed by atoms with Crippen molar-refractivity contribution in [3.8, 4) is 0 Å². The molecule has 4 aliphatic rings. The lowest BCUT2D eigenvalue weighted by atomic mass is 9.70. The second-order valence-electron chi connectivity index (χ2n) is 8.35. The Morgan fingerprint density at radius 3 is 2.76 bits per heavy atom. The summed E-state index contributed by atoms with van der Waals surface area (Å²) >= 11 is 0. The number of hydrogen-bond acceptors (Lipinski definition) is 4. The molecule has 0 radical (unpaired) electrons. The molecule has 0 aromatic rings. The Balaban J connectivity index is 1.44. The Morgan fingerprint density at radius 1 is 1.16 bits per heavy atom. The highest BCUT2D eigenvalue weighted by Gasteiger charge is 2.49. The Labute approximate surface area is 150 Å². The molecule has 4 fully saturated rings. The summed E-state index contributed by atoms with van der Waals surface area (Å²) < 4.78 is 5.74. The van der Waals surface area contributed by atoms with Crippen LogP contribution in [0.3, 0.4) is 0 Å². The molecule has 5 atom stereocenters. The molecule has 25 heavy (non-hydrogen) atoms. The first-order valence-electron chi connectivity index (χ1n) is 9.94. The molecule has 5 heteroatoms. The topological polar surface area (TPSA) is 49.9 Å². The maximum Gasteiger partial charge on any atom is 0.333 e. The molecular formula is C20H30N2O3. The van der Waals surface area contributed by atoms with E-state index in [0.29, 0.717) is 35.4 Å². The molecule has 4 unspecified atom stereocenters. The molecule has 1 amide bonds. The van der Waals surface area contributed by atoms with Gasteiger partial charge >= 0.3 is 5.97 Å². The molecule has 4 rings (SSSR count). The van der Waals surface area contributed by atoms with Crippen molar-refractivity contribution in [3.63, 3.8) is 0 Å². The van der Waals surface area contributed by atoms with E-state index in [0.717, 1.165) is 45.3 Å². The Kier molecular flexibility index (Phi) is 4.61. The van der Waals surface area contributed by atoms with Gasteiger partial charge in [0.15, 0.2) is 0 Å². The summed E-state index contributed by atoms with van der Waals surface area (Å²) in [5.74, 6) is 1.37. The van der Waals surface area contributed by atoms with E-state index in [9.17, 15) is 9.59 Å². The van der Waals surface area contributed by atoms with E-state index in [4.69, 9.17) is 4.74 Å². The molecule has 0 aromatic heterocycles. The van der Waals surface area contributed by atoms with Gasteiger partial charge in [-0.05, 0) is 51.4 Å². The zero-order valence-electron chi connectivity index (χ0n) is 15.4. The van der Waals surface area contributed by atoms with Crippen molar-refractivity contribution in [2.75, 3.05) is 19.6 Å². The van der Waals surface area contributed by atoms with Gasteiger partial charge < -0.3 is 9.64 Å². The number of rotatable bonds is 2. The summed E-state index contributed by atoms with van der Waals surface area (Å²) in [5, 5.41) is 0. The smallest absolute Gasteiger partial charge is 0.333 e. The van der Waals surface area contributed by atoms with Crippen LogP contribution >= 0.6 is 0 Å². The monoisotopic (exact) mass is 346 g/mol. The molecule has 0 spiro atoms. The number of allylic oxidation sites excluding steroid dienone is 1. The van der Waals surface area contributed by atoms with E-state index in [1.54, 1.807) is 0 Å². The normalized spacial score (nSPS) is 38.8. The van der Waals surface area contributed by atoms with E-state index in [2.05, 4.69) is 9.80 Å². The fraction of sp³-hybridized carbons (Fsp3) is 0.800. The average molecular weight is 346 g/mol. The summed E-state index contributed by atoms with van der Waals surface area (Å²) in [7, 11) is 0. The Bertz CT molecular complexity index is 587. The summed E-state index contributed by atoms with van der Waals surface area (Å²) in [4.78, 5) is 29.3. The summed E-state index contributed by atoms with van der Waals surface area (Å²) in [5.41, 5.74) is 0.686. The first-order valence-corrected chi connectivity index (χ1v) is 9.94. The Hall–Kier alpha value is -1.36. The first-order chi connectivity index (χ1) is 12.1. The Morgan fingerprint density at radius 2 is 1.96 bits per heavy atom. The minimum Gasteiger partial charge on any atom is -0.459 e. The van der Waals surface area contributed by atoms with Gasteiger partial charge in [-0.2, -0.15) is 0 Å². The molecule has 0 aromatic carbocycles. The number of nitrogens with zero attached hydrogens (tertiary/aromatic N) is 2. The molecule has 5 nitrogen and oxygen atoms in total. The number of amides is 1. The van der Waals surface area contributed by atoms with Crippen molar-refractivity contribution < 1.29 is 14.3 Å². The largest absolute Gasteiger partial charge is 0.459 e. The van der Waals surface area contributed by atoms with Crippen LogP contribution in [0, 0.1) is 11.8 Å². The lowest BCUT2D eigenvalue weighted by Gasteiger charge is -2.57. The van der Waals surface area contributed by atoms with Crippen LogP contribution in [-0.2, 0) is 14.3 Å². The second-order valence-corrected chi connectivity index (χ2v) is 8.35. The average Bonchev–Trinajstić information content (AvgIpc) is 2.62. The minimum absolute atomic E-state index is 0.0231. The van der Waals surface area contributed by atoms with Gasteiger partial charge in [0.1, 0.15) is 6.10 Å². The van der Waals surface area contributed by atoms with Crippen molar-refractivity contribution in [3.05, 3.63) is 11.6 Å². The molecule has 4 saturated heterocycles. The zero-order valence-corrected chi connectivity index (χ0v) is 15.4. The number of hydrogen-bond donors (Lipinski definition) is 0. The minimum atomic E-state index is -0.176. The van der Waals surface area contributed by atoms with Gasteiger partial charge in [-0.15, -0.1) is 0 Å². The number of carbonyl (C=O) groups is 2. The zero-order chi connectivity index (χ0) is 17.6. The lowest BCUT2D eigenvalue weighted by molar-refractivity contribution is -0.156. The van der Waals surface area contributed by atoms with E-state index >= 15 is 0 Å². The molecule has 138 valence electrons. The van der Waals surface area contributed by atoms with Crippen molar-refractivity contribution in [1.82, 2.24) is 9.80 Å². The van der Waals surface area contributed by atoms with Gasteiger partial charge in [0, 0.05) is 50.1 Å². The highest BCUT2D eigenvalue weighted by Crippen LogP contribution is 2.43. The maximum atomic E-state index is 12.4. The molecule has 0 N–H and O–H groups in total. The molecule has 4 heterocycles. The van der Waals surface area contributed by atoms with E-state index in [1.165, 1.54) is 12.8 Å². The fourth-order valence-electron chi connectivity index (χ4n) is 5.52. The highest BCUT2D eigenvalue weighted by atomic mass is 16.5. The molecule has 2 bridgehead atoms. The van der Waals surface area contributed by atoms with Gasteiger partial charge in [-0.25, -0.2) is 4.79 Å². The maximum absolute atomic E-state index is 12.4. The third kappa shape index (κ3) is 3.12. The van der Waals surface area contributed by atoms with Crippen LogP contribution in [0.5, 0.6) is 0 Å².